The van der Waals surface area contributed by atoms with Gasteiger partial charge in [-0.1, -0.05) is 36.4 Å². The van der Waals surface area contributed by atoms with Gasteiger partial charge < -0.3 is 10.1 Å². The summed E-state index contributed by atoms with van der Waals surface area (Å²) < 4.78 is 1.38. The van der Waals surface area contributed by atoms with Crippen LogP contribution < -0.4 is 5.43 Å². The lowest BCUT2D eigenvalue weighted by molar-refractivity contribution is -0.394. The van der Waals surface area contributed by atoms with E-state index in [0.717, 1.165) is 5.56 Å². The van der Waals surface area contributed by atoms with Crippen LogP contribution in [0.5, 0.6) is 0 Å². The summed E-state index contributed by atoms with van der Waals surface area (Å²) in [6.45, 7) is 4.08. The summed E-state index contributed by atoms with van der Waals surface area (Å²) in [5.74, 6) is -0.210. The van der Waals surface area contributed by atoms with Gasteiger partial charge in [0.05, 0.1) is 12.3 Å². The number of benzene rings is 1. The maximum Gasteiger partial charge on any atom is 0.493 e. The Kier molecular flexibility index (Phi) is 4.97. The molecular weight excluding hydrogens is 284 g/mol. The second-order valence-electron chi connectivity index (χ2n) is 4.42. The van der Waals surface area contributed by atoms with E-state index >= 15 is 0 Å². The zero-order valence-electron chi connectivity index (χ0n) is 12.3. The first-order chi connectivity index (χ1) is 10.6. The fourth-order valence-electron chi connectivity index (χ4n) is 1.67. The Hall–Kier alpha value is -3.03. The molecule has 114 valence electrons. The normalized spacial score (nSPS) is 11.8. The second-order valence-corrected chi connectivity index (χ2v) is 4.42. The van der Waals surface area contributed by atoms with Crippen LogP contribution in [0, 0.1) is 10.1 Å². The molecule has 0 aliphatic carbocycles. The highest BCUT2D eigenvalue weighted by Gasteiger charge is 2.19. The molecule has 0 aliphatic heterocycles. The zero-order chi connectivity index (χ0) is 15.9. The standard InChI is InChI=1S/C14H16N6O2/c1-3-19-13(15-14(18-19)20(21)22)17-16-11(2)9-10-12-7-5-4-6-8-12/h4-10H,3H2,1-2H3,(H,15,17,18)/b10-9+,16-11+. The maximum absolute atomic E-state index is 10.7. The average Bonchev–Trinajstić information content (AvgIpc) is 2.95. The van der Waals surface area contributed by atoms with E-state index < -0.39 is 10.9 Å². The van der Waals surface area contributed by atoms with Gasteiger partial charge in [-0.25, -0.2) is 5.43 Å². The van der Waals surface area contributed by atoms with Crippen molar-refractivity contribution in [3.63, 3.8) is 0 Å². The lowest BCUT2D eigenvalue weighted by atomic mass is 10.2. The molecule has 0 aliphatic rings. The van der Waals surface area contributed by atoms with E-state index in [0.29, 0.717) is 12.3 Å². The molecule has 0 radical (unpaired) electrons. The van der Waals surface area contributed by atoms with Gasteiger partial charge in [-0.05, 0) is 35.4 Å². The van der Waals surface area contributed by atoms with Gasteiger partial charge in [0.15, 0.2) is 0 Å². The molecule has 1 aromatic heterocycles. The van der Waals surface area contributed by atoms with Crippen LogP contribution in [0.25, 0.3) is 6.08 Å². The van der Waals surface area contributed by atoms with Gasteiger partial charge in [0, 0.05) is 5.10 Å². The van der Waals surface area contributed by atoms with E-state index in [9.17, 15) is 10.1 Å². The summed E-state index contributed by atoms with van der Waals surface area (Å²) in [7, 11) is 0. The lowest BCUT2D eigenvalue weighted by Gasteiger charge is -1.97. The third-order valence-electron chi connectivity index (χ3n) is 2.77. The average molecular weight is 300 g/mol. The molecule has 0 amide bonds. The molecule has 2 rings (SSSR count). The van der Waals surface area contributed by atoms with Crippen LogP contribution in [-0.2, 0) is 6.54 Å². The number of anilines is 1. The van der Waals surface area contributed by atoms with E-state index in [1.165, 1.54) is 4.68 Å². The molecule has 1 N–H and O–H groups in total. The van der Waals surface area contributed by atoms with Crippen LogP contribution in [0.2, 0.25) is 0 Å². The molecule has 8 nitrogen and oxygen atoms in total. The maximum atomic E-state index is 10.7. The number of rotatable bonds is 6. The van der Waals surface area contributed by atoms with Crippen LogP contribution in [0.15, 0.2) is 41.5 Å². The number of hydrazone groups is 1. The molecule has 2 aromatic rings. The Morgan fingerprint density at radius 1 is 1.45 bits per heavy atom. The lowest BCUT2D eigenvalue weighted by Crippen LogP contribution is -2.04. The number of aromatic nitrogens is 3. The smallest absolute Gasteiger partial charge is 0.390 e. The molecular formula is C14H16N6O2. The number of nitrogens with one attached hydrogen (secondary N) is 1. The summed E-state index contributed by atoms with van der Waals surface area (Å²) >= 11 is 0. The number of nitro groups is 1. The third-order valence-corrected chi connectivity index (χ3v) is 2.77. The van der Waals surface area contributed by atoms with Gasteiger partial charge in [-0.3, -0.25) is 0 Å². The van der Waals surface area contributed by atoms with E-state index in [1.807, 2.05) is 56.3 Å². The fourth-order valence-corrected chi connectivity index (χ4v) is 1.67. The number of nitrogens with zero attached hydrogens (tertiary/aromatic N) is 5. The van der Waals surface area contributed by atoms with E-state index in [2.05, 4.69) is 20.6 Å². The first kappa shape index (κ1) is 15.4. The van der Waals surface area contributed by atoms with E-state index in [-0.39, 0.29) is 5.95 Å². The molecule has 0 unspecified atom stereocenters. The molecule has 1 aromatic carbocycles. The molecule has 8 heteroatoms. The van der Waals surface area contributed by atoms with Crippen molar-refractivity contribution in [2.75, 3.05) is 5.43 Å². The van der Waals surface area contributed by atoms with Crippen molar-refractivity contribution in [2.24, 2.45) is 5.10 Å². The van der Waals surface area contributed by atoms with Crippen LogP contribution >= 0.6 is 0 Å². The van der Waals surface area contributed by atoms with Crippen molar-refractivity contribution < 1.29 is 4.92 Å². The first-order valence-electron chi connectivity index (χ1n) is 6.73. The third kappa shape index (κ3) is 3.98. The van der Waals surface area contributed by atoms with Crippen LogP contribution in [0.1, 0.15) is 19.4 Å². The second kappa shape index (κ2) is 7.11. The van der Waals surface area contributed by atoms with Crippen molar-refractivity contribution in [1.29, 1.82) is 0 Å². The Bertz CT molecular complexity index is 705. The van der Waals surface area contributed by atoms with Crippen molar-refractivity contribution >= 4 is 23.7 Å². The zero-order valence-corrected chi connectivity index (χ0v) is 12.3. The van der Waals surface area contributed by atoms with Crippen molar-refractivity contribution in [1.82, 2.24) is 14.8 Å². The van der Waals surface area contributed by atoms with Gasteiger partial charge in [0.25, 0.3) is 0 Å². The Labute approximate surface area is 127 Å². The van der Waals surface area contributed by atoms with E-state index in [4.69, 9.17) is 0 Å². The summed E-state index contributed by atoms with van der Waals surface area (Å²) in [5, 5.41) is 18.6. The molecule has 0 spiro atoms. The van der Waals surface area contributed by atoms with Crippen molar-refractivity contribution in [3.8, 4) is 0 Å². The van der Waals surface area contributed by atoms with Crippen molar-refractivity contribution in [2.45, 2.75) is 20.4 Å². The molecule has 0 saturated heterocycles. The quantitative estimate of drug-likeness (QED) is 0.502. The van der Waals surface area contributed by atoms with E-state index in [1.54, 1.807) is 0 Å². The van der Waals surface area contributed by atoms with Gasteiger partial charge in [-0.2, -0.15) is 9.78 Å². The number of aryl methyl sites for hydroxylation is 1. The molecule has 0 atom stereocenters. The predicted molar refractivity (Wildman–Crippen MR) is 84.6 cm³/mol. The topological polar surface area (TPSA) is 98.2 Å². The molecule has 1 heterocycles. The molecule has 22 heavy (non-hydrogen) atoms. The van der Waals surface area contributed by atoms with Gasteiger partial charge in [0.1, 0.15) is 0 Å². The van der Waals surface area contributed by atoms with Crippen LogP contribution in [-0.4, -0.2) is 25.4 Å². The Balaban J connectivity index is 2.07. The molecule has 0 bridgehead atoms. The monoisotopic (exact) mass is 300 g/mol. The number of hydrogen-bond acceptors (Lipinski definition) is 6. The molecule has 0 saturated carbocycles. The summed E-state index contributed by atoms with van der Waals surface area (Å²) in [6.07, 6.45) is 3.76. The minimum Gasteiger partial charge on any atom is -0.390 e. The minimum absolute atomic E-state index is 0.238. The fraction of sp³-hybridized carbons (Fsp3) is 0.214. The number of allylic oxidation sites excluding steroid dienone is 1. The highest BCUT2D eigenvalue weighted by atomic mass is 16.6. The summed E-state index contributed by atoms with van der Waals surface area (Å²) in [5.41, 5.74) is 4.46. The van der Waals surface area contributed by atoms with Crippen molar-refractivity contribution in [3.05, 3.63) is 52.1 Å². The largest absolute Gasteiger partial charge is 0.493 e. The summed E-state index contributed by atoms with van der Waals surface area (Å²) in [4.78, 5) is 13.8. The van der Waals surface area contributed by atoms with Gasteiger partial charge >= 0.3 is 11.9 Å². The van der Waals surface area contributed by atoms with Gasteiger partial charge in [0.2, 0.25) is 0 Å². The van der Waals surface area contributed by atoms with Crippen LogP contribution in [0.4, 0.5) is 11.9 Å². The SMILES string of the molecule is CCn1nc([N+](=O)[O-])nc1N/N=C(C)/C=C/c1ccccc1. The summed E-state index contributed by atoms with van der Waals surface area (Å²) in [6, 6.07) is 9.81. The highest BCUT2D eigenvalue weighted by Crippen LogP contribution is 2.10. The first-order valence-corrected chi connectivity index (χ1v) is 6.73. The Morgan fingerprint density at radius 3 is 2.82 bits per heavy atom. The highest BCUT2D eigenvalue weighted by molar-refractivity contribution is 5.96. The Morgan fingerprint density at radius 2 is 2.18 bits per heavy atom. The minimum atomic E-state index is -0.636. The molecule has 0 fully saturated rings. The van der Waals surface area contributed by atoms with Gasteiger partial charge in [-0.15, -0.1) is 0 Å². The predicted octanol–water partition coefficient (Wildman–Crippen LogP) is 2.71. The van der Waals surface area contributed by atoms with Crippen LogP contribution in [0.3, 0.4) is 0 Å². The number of hydrogen-bond donors (Lipinski definition) is 1.